The van der Waals surface area contributed by atoms with E-state index in [-0.39, 0.29) is 0 Å². The molecule has 1 saturated heterocycles. The van der Waals surface area contributed by atoms with E-state index in [9.17, 15) is 8.42 Å². The Morgan fingerprint density at radius 2 is 1.94 bits per heavy atom. The fourth-order valence-electron chi connectivity index (χ4n) is 3.94. The smallest absolute Gasteiger partial charge is 0.175 e. The number of fused-ring (bicyclic) bond motifs is 1. The van der Waals surface area contributed by atoms with Crippen LogP contribution in [0.25, 0.3) is 22.0 Å². The zero-order chi connectivity index (χ0) is 21.4. The van der Waals surface area contributed by atoms with Gasteiger partial charge >= 0.3 is 0 Å². The molecule has 0 radical (unpaired) electrons. The SMILES string of the molecule is CS(=O)(=O)c1cccc(-c2cc(N3CCOCC3)nc3c(C4=NCC=C4)nccc23)c1. The molecule has 0 unspecified atom stereocenters. The maximum atomic E-state index is 12.2. The number of rotatable bonds is 4. The van der Waals surface area contributed by atoms with E-state index in [2.05, 4.69) is 14.9 Å². The average molecular weight is 435 g/mol. The Labute approximate surface area is 181 Å². The third-order valence-electron chi connectivity index (χ3n) is 5.51. The molecule has 0 aliphatic carbocycles. The highest BCUT2D eigenvalue weighted by Gasteiger charge is 2.20. The number of allylic oxidation sites excluding steroid dienone is 1. The van der Waals surface area contributed by atoms with Gasteiger partial charge in [0, 0.05) is 30.9 Å². The summed E-state index contributed by atoms with van der Waals surface area (Å²) in [5.41, 5.74) is 4.06. The van der Waals surface area contributed by atoms with E-state index >= 15 is 0 Å². The summed E-state index contributed by atoms with van der Waals surface area (Å²) >= 11 is 0. The first kappa shape index (κ1) is 19.8. The number of ether oxygens (including phenoxy) is 1. The van der Waals surface area contributed by atoms with Crippen molar-refractivity contribution in [3.8, 4) is 11.1 Å². The molecule has 1 fully saturated rings. The summed E-state index contributed by atoms with van der Waals surface area (Å²) in [5, 5.41) is 0.913. The Morgan fingerprint density at radius 3 is 2.68 bits per heavy atom. The maximum absolute atomic E-state index is 12.2. The zero-order valence-electron chi connectivity index (χ0n) is 17.2. The lowest BCUT2D eigenvalue weighted by atomic mass is 10.00. The summed E-state index contributed by atoms with van der Waals surface area (Å²) in [6, 6.07) is 11.0. The van der Waals surface area contributed by atoms with E-state index in [0.29, 0.717) is 24.7 Å². The number of hydrogen-bond acceptors (Lipinski definition) is 7. The molecule has 8 heteroatoms. The van der Waals surface area contributed by atoms with Crippen molar-refractivity contribution in [2.45, 2.75) is 4.90 Å². The predicted molar refractivity (Wildman–Crippen MR) is 122 cm³/mol. The molecule has 0 spiro atoms. The monoisotopic (exact) mass is 434 g/mol. The van der Waals surface area contributed by atoms with Gasteiger partial charge in [0.2, 0.25) is 0 Å². The van der Waals surface area contributed by atoms with Crippen LogP contribution in [0.3, 0.4) is 0 Å². The maximum Gasteiger partial charge on any atom is 0.175 e. The highest BCUT2D eigenvalue weighted by molar-refractivity contribution is 7.90. The first-order valence-electron chi connectivity index (χ1n) is 10.1. The van der Waals surface area contributed by atoms with Crippen molar-refractivity contribution in [2.75, 3.05) is 44.0 Å². The minimum absolute atomic E-state index is 0.292. The number of morpholine rings is 1. The quantitative estimate of drug-likeness (QED) is 0.628. The van der Waals surface area contributed by atoms with Crippen LogP contribution in [0.5, 0.6) is 0 Å². The Kier molecular flexibility index (Phi) is 5.03. The van der Waals surface area contributed by atoms with Gasteiger partial charge in [-0.2, -0.15) is 0 Å². The Balaban J connectivity index is 1.77. The lowest BCUT2D eigenvalue weighted by molar-refractivity contribution is 0.122. The normalized spacial score (nSPS) is 16.7. The molecule has 5 rings (SSSR count). The first-order chi connectivity index (χ1) is 15.0. The van der Waals surface area contributed by atoms with Crippen molar-refractivity contribution in [1.82, 2.24) is 9.97 Å². The Morgan fingerprint density at radius 1 is 1.10 bits per heavy atom. The van der Waals surface area contributed by atoms with Crippen LogP contribution in [0.4, 0.5) is 5.82 Å². The van der Waals surface area contributed by atoms with E-state index in [0.717, 1.165) is 52.3 Å². The number of benzene rings is 1. The lowest BCUT2D eigenvalue weighted by Crippen LogP contribution is -2.36. The van der Waals surface area contributed by atoms with Crippen molar-refractivity contribution < 1.29 is 13.2 Å². The molecule has 31 heavy (non-hydrogen) atoms. The van der Waals surface area contributed by atoms with Gasteiger partial charge in [-0.25, -0.2) is 13.4 Å². The number of aliphatic imine (C=N–C) groups is 1. The molecule has 4 heterocycles. The molecule has 2 aliphatic rings. The molecule has 158 valence electrons. The molecule has 1 aromatic carbocycles. The van der Waals surface area contributed by atoms with Crippen molar-refractivity contribution in [2.24, 2.45) is 4.99 Å². The second-order valence-electron chi connectivity index (χ2n) is 7.61. The fourth-order valence-corrected chi connectivity index (χ4v) is 4.60. The Hall–Kier alpha value is -3.10. The van der Waals surface area contributed by atoms with Gasteiger partial charge in [0.25, 0.3) is 0 Å². The first-order valence-corrected chi connectivity index (χ1v) is 12.0. The van der Waals surface area contributed by atoms with Crippen LogP contribution < -0.4 is 4.90 Å². The van der Waals surface area contributed by atoms with Gasteiger partial charge in [-0.3, -0.25) is 9.98 Å². The number of anilines is 1. The van der Waals surface area contributed by atoms with Crippen molar-refractivity contribution in [1.29, 1.82) is 0 Å². The van der Waals surface area contributed by atoms with Crippen LogP contribution in [0.15, 0.2) is 64.6 Å². The van der Waals surface area contributed by atoms with Gasteiger partial charge in [0.1, 0.15) is 17.0 Å². The summed E-state index contributed by atoms with van der Waals surface area (Å²) in [4.78, 5) is 16.6. The van der Waals surface area contributed by atoms with Crippen molar-refractivity contribution >= 4 is 32.3 Å². The van der Waals surface area contributed by atoms with Crippen LogP contribution in [0.1, 0.15) is 5.69 Å². The van der Waals surface area contributed by atoms with Crippen molar-refractivity contribution in [3.63, 3.8) is 0 Å². The van der Waals surface area contributed by atoms with E-state index in [1.165, 1.54) is 6.26 Å². The molecule has 7 nitrogen and oxygen atoms in total. The van der Waals surface area contributed by atoms with Crippen LogP contribution in [-0.2, 0) is 14.6 Å². The molecule has 0 atom stereocenters. The van der Waals surface area contributed by atoms with Gasteiger partial charge in [-0.1, -0.05) is 18.2 Å². The zero-order valence-corrected chi connectivity index (χ0v) is 18.0. The molecular weight excluding hydrogens is 412 g/mol. The van der Waals surface area contributed by atoms with E-state index in [1.54, 1.807) is 24.4 Å². The molecule has 2 aromatic heterocycles. The Bertz CT molecular complexity index is 1330. The second-order valence-corrected chi connectivity index (χ2v) is 9.63. The summed E-state index contributed by atoms with van der Waals surface area (Å²) in [7, 11) is -3.32. The van der Waals surface area contributed by atoms with Crippen LogP contribution >= 0.6 is 0 Å². The van der Waals surface area contributed by atoms with E-state index < -0.39 is 9.84 Å². The minimum atomic E-state index is -3.32. The fraction of sp³-hybridized carbons (Fsp3) is 0.261. The van der Waals surface area contributed by atoms with Gasteiger partial charge in [-0.15, -0.1) is 0 Å². The molecule has 2 aliphatic heterocycles. The lowest BCUT2D eigenvalue weighted by Gasteiger charge is -2.28. The van der Waals surface area contributed by atoms with Crippen LogP contribution in [-0.4, -0.2) is 63.2 Å². The van der Waals surface area contributed by atoms with Gasteiger partial charge < -0.3 is 9.64 Å². The third kappa shape index (κ3) is 3.84. The van der Waals surface area contributed by atoms with Gasteiger partial charge in [-0.05, 0) is 41.5 Å². The highest BCUT2D eigenvalue weighted by atomic mass is 32.2. The van der Waals surface area contributed by atoms with Gasteiger partial charge in [0.05, 0.1) is 30.4 Å². The largest absolute Gasteiger partial charge is 0.378 e. The van der Waals surface area contributed by atoms with E-state index in [4.69, 9.17) is 9.72 Å². The van der Waals surface area contributed by atoms with Crippen LogP contribution in [0.2, 0.25) is 0 Å². The summed E-state index contributed by atoms with van der Waals surface area (Å²) < 4.78 is 29.8. The van der Waals surface area contributed by atoms with Crippen molar-refractivity contribution in [3.05, 3.63) is 60.4 Å². The molecule has 3 aromatic rings. The number of aromatic nitrogens is 2. The number of pyridine rings is 2. The molecule has 0 amide bonds. The number of hydrogen-bond donors (Lipinski definition) is 0. The van der Waals surface area contributed by atoms with Gasteiger partial charge in [0.15, 0.2) is 9.84 Å². The number of nitrogens with zero attached hydrogens (tertiary/aromatic N) is 4. The standard InChI is InChI=1S/C23H22N4O3S/c1-31(28,29)17-5-2-4-16(14-17)19-15-21(27-10-12-30-13-11-27)26-22-18(19)7-9-25-23(22)20-6-3-8-24-20/h2-7,9,14-15H,8,10-13H2,1H3. The summed E-state index contributed by atoms with van der Waals surface area (Å²) in [6.07, 6.45) is 6.95. The second kappa shape index (κ2) is 7.86. The topological polar surface area (TPSA) is 84.8 Å². The van der Waals surface area contributed by atoms with Crippen LogP contribution in [0, 0.1) is 0 Å². The molecule has 0 N–H and O–H groups in total. The third-order valence-corrected chi connectivity index (χ3v) is 6.62. The molecular formula is C23H22N4O3S. The molecule has 0 bridgehead atoms. The number of sulfone groups is 1. The minimum Gasteiger partial charge on any atom is -0.378 e. The molecule has 0 saturated carbocycles. The summed E-state index contributed by atoms with van der Waals surface area (Å²) in [5.74, 6) is 0.826. The predicted octanol–water partition coefficient (Wildman–Crippen LogP) is 2.90. The highest BCUT2D eigenvalue weighted by Crippen LogP contribution is 2.34. The van der Waals surface area contributed by atoms with E-state index in [1.807, 2.05) is 30.4 Å². The summed E-state index contributed by atoms with van der Waals surface area (Å²) in [6.45, 7) is 3.43. The average Bonchev–Trinajstić information content (AvgIpc) is 3.33.